The number of aromatic nitrogens is 1. The molecule has 0 unspecified atom stereocenters. The zero-order valence-corrected chi connectivity index (χ0v) is 25.0. The van der Waals surface area contributed by atoms with E-state index in [1.54, 1.807) is 30.3 Å². The monoisotopic (exact) mass is 669 g/mol. The van der Waals surface area contributed by atoms with Gasteiger partial charge in [0, 0.05) is 31.0 Å². The lowest BCUT2D eigenvalue weighted by Crippen LogP contribution is -2.19. The van der Waals surface area contributed by atoms with Gasteiger partial charge in [-0.2, -0.15) is 5.10 Å². The van der Waals surface area contributed by atoms with Crippen LogP contribution in [0.2, 0.25) is 15.1 Å². The molecule has 7 nitrogen and oxygen atoms in total. The Morgan fingerprint density at radius 1 is 0.927 bits per heavy atom. The van der Waals surface area contributed by atoms with E-state index >= 15 is 0 Å². The maximum absolute atomic E-state index is 13.3. The Bertz CT molecular complexity index is 1840. The highest BCUT2D eigenvalue weighted by Gasteiger charge is 2.22. The number of hydrazone groups is 1. The van der Waals surface area contributed by atoms with Crippen molar-refractivity contribution < 1.29 is 19.1 Å². The number of ether oxygens (including phenoxy) is 2. The van der Waals surface area contributed by atoms with Crippen molar-refractivity contribution in [1.29, 1.82) is 0 Å². The van der Waals surface area contributed by atoms with E-state index in [2.05, 4.69) is 31.4 Å². The predicted molar refractivity (Wildman–Crippen MR) is 166 cm³/mol. The molecule has 0 radical (unpaired) electrons. The zero-order chi connectivity index (χ0) is 29.1. The van der Waals surface area contributed by atoms with Gasteiger partial charge in [0.25, 0.3) is 5.91 Å². The summed E-state index contributed by atoms with van der Waals surface area (Å²) in [5.41, 5.74) is 5.73. The second kappa shape index (κ2) is 12.4. The molecule has 5 aromatic rings. The fourth-order valence-corrected chi connectivity index (χ4v) is 5.36. The van der Waals surface area contributed by atoms with Crippen LogP contribution in [0.1, 0.15) is 26.4 Å². The lowest BCUT2D eigenvalue weighted by Gasteiger charge is -2.10. The topological polar surface area (TPSA) is 92.8 Å². The summed E-state index contributed by atoms with van der Waals surface area (Å²) < 4.78 is 11.7. The fraction of sp³-hybridized carbons (Fsp3) is 0.0333. The van der Waals surface area contributed by atoms with Gasteiger partial charge in [-0.1, -0.05) is 65.1 Å². The molecule has 0 saturated heterocycles. The smallest absolute Gasteiger partial charge is 0.345 e. The lowest BCUT2D eigenvalue weighted by molar-refractivity contribution is 0.0729. The summed E-state index contributed by atoms with van der Waals surface area (Å²) in [5.74, 6) is -0.674. The number of carbonyl (C=O) groups excluding carboxylic acids is 2. The first-order valence-corrected chi connectivity index (χ1v) is 13.9. The van der Waals surface area contributed by atoms with E-state index < -0.39 is 11.9 Å². The van der Waals surface area contributed by atoms with Crippen molar-refractivity contribution in [3.05, 3.63) is 115 Å². The van der Waals surface area contributed by atoms with E-state index in [9.17, 15) is 9.59 Å². The molecular formula is C30H19BrCl3N3O4. The quantitative estimate of drug-likeness (QED) is 0.0785. The van der Waals surface area contributed by atoms with E-state index in [1.165, 1.54) is 25.5 Å². The summed E-state index contributed by atoms with van der Waals surface area (Å²) in [6, 6.07) is 22.3. The maximum atomic E-state index is 13.3. The molecular weight excluding hydrogens is 653 g/mol. The number of halogens is 4. The number of fused-ring (bicyclic) bond motifs is 1. The highest BCUT2D eigenvalue weighted by Crippen LogP contribution is 2.38. The van der Waals surface area contributed by atoms with Crippen molar-refractivity contribution in [2.75, 3.05) is 7.11 Å². The van der Waals surface area contributed by atoms with Crippen molar-refractivity contribution in [3.8, 4) is 22.6 Å². The Morgan fingerprint density at radius 3 is 2.49 bits per heavy atom. The summed E-state index contributed by atoms with van der Waals surface area (Å²) in [6.07, 6.45) is 1.44. The molecule has 0 fully saturated rings. The van der Waals surface area contributed by atoms with E-state index in [0.717, 1.165) is 15.4 Å². The summed E-state index contributed by atoms with van der Waals surface area (Å²) in [6.45, 7) is 0. The molecule has 0 spiro atoms. The molecule has 0 aliphatic rings. The van der Waals surface area contributed by atoms with Gasteiger partial charge in [0.2, 0.25) is 0 Å². The lowest BCUT2D eigenvalue weighted by atomic mass is 10.0. The molecule has 11 heteroatoms. The number of nitrogens with one attached hydrogen (secondary N) is 2. The first kappa shape index (κ1) is 28.7. The number of carbonyl (C=O) groups is 2. The van der Waals surface area contributed by atoms with Crippen LogP contribution in [0.3, 0.4) is 0 Å². The molecule has 1 amide bonds. The van der Waals surface area contributed by atoms with Crippen LogP contribution in [0.4, 0.5) is 0 Å². The molecule has 5 rings (SSSR count). The van der Waals surface area contributed by atoms with Crippen molar-refractivity contribution in [2.45, 2.75) is 0 Å². The number of para-hydroxylation sites is 1. The largest absolute Gasteiger partial charge is 0.493 e. The zero-order valence-electron chi connectivity index (χ0n) is 21.2. The minimum Gasteiger partial charge on any atom is -0.493 e. The Morgan fingerprint density at radius 2 is 1.73 bits per heavy atom. The molecule has 0 aliphatic heterocycles. The van der Waals surface area contributed by atoms with Gasteiger partial charge in [0.1, 0.15) is 5.69 Å². The first-order valence-electron chi connectivity index (χ1n) is 12.0. The molecule has 2 N–H and O–H groups in total. The number of hydrogen-bond acceptors (Lipinski definition) is 5. The minimum absolute atomic E-state index is 0.159. The number of benzene rings is 4. The predicted octanol–water partition coefficient (Wildman–Crippen LogP) is 8.55. The molecule has 1 aromatic heterocycles. The second-order valence-corrected chi connectivity index (χ2v) is 10.7. The van der Waals surface area contributed by atoms with Gasteiger partial charge in [-0.25, -0.2) is 10.2 Å². The van der Waals surface area contributed by atoms with Crippen LogP contribution in [-0.4, -0.2) is 30.2 Å². The number of methoxy groups -OCH3 is 1. The van der Waals surface area contributed by atoms with Crippen molar-refractivity contribution >= 4 is 79.7 Å². The Labute approximate surface area is 258 Å². The summed E-state index contributed by atoms with van der Waals surface area (Å²) in [4.78, 5) is 29.1. The number of H-pyrrole nitrogens is 1. The number of aromatic amines is 1. The molecule has 0 aliphatic carbocycles. The van der Waals surface area contributed by atoms with Gasteiger partial charge < -0.3 is 14.5 Å². The highest BCUT2D eigenvalue weighted by atomic mass is 79.9. The molecule has 206 valence electrons. The average Bonchev–Trinajstić information content (AvgIpc) is 3.34. The van der Waals surface area contributed by atoms with Gasteiger partial charge in [0.05, 0.1) is 29.4 Å². The van der Waals surface area contributed by atoms with Crippen LogP contribution in [0.15, 0.2) is 88.4 Å². The van der Waals surface area contributed by atoms with Crippen LogP contribution in [0, 0.1) is 0 Å². The third kappa shape index (κ3) is 6.11. The number of esters is 1. The number of nitrogens with zero attached hydrogens (tertiary/aromatic N) is 1. The molecule has 1 heterocycles. The van der Waals surface area contributed by atoms with Crippen LogP contribution in [0.5, 0.6) is 11.5 Å². The van der Waals surface area contributed by atoms with Gasteiger partial charge in [-0.3, -0.25) is 4.79 Å². The third-order valence-corrected chi connectivity index (χ3v) is 7.61. The van der Waals surface area contributed by atoms with Gasteiger partial charge in [0.15, 0.2) is 11.5 Å². The molecule has 4 aromatic carbocycles. The average molecular weight is 672 g/mol. The van der Waals surface area contributed by atoms with Crippen molar-refractivity contribution in [1.82, 2.24) is 10.4 Å². The molecule has 0 atom stereocenters. The first-order chi connectivity index (χ1) is 19.8. The maximum Gasteiger partial charge on any atom is 0.345 e. The van der Waals surface area contributed by atoms with Crippen LogP contribution < -0.4 is 14.9 Å². The van der Waals surface area contributed by atoms with E-state index in [-0.39, 0.29) is 22.1 Å². The highest BCUT2D eigenvalue weighted by molar-refractivity contribution is 9.10. The second-order valence-electron chi connectivity index (χ2n) is 8.64. The van der Waals surface area contributed by atoms with Crippen molar-refractivity contribution in [2.24, 2.45) is 5.10 Å². The van der Waals surface area contributed by atoms with E-state index in [1.807, 2.05) is 36.4 Å². The number of hydrogen-bond donors (Lipinski definition) is 2. The Balaban J connectivity index is 1.37. The van der Waals surface area contributed by atoms with Crippen molar-refractivity contribution in [3.63, 3.8) is 0 Å². The van der Waals surface area contributed by atoms with E-state index in [4.69, 9.17) is 44.3 Å². The Kier molecular flexibility index (Phi) is 8.65. The minimum atomic E-state index is -0.669. The summed E-state index contributed by atoms with van der Waals surface area (Å²) >= 11 is 22.1. The number of rotatable bonds is 7. The normalized spacial score (nSPS) is 11.1. The molecule has 0 saturated carbocycles. The summed E-state index contributed by atoms with van der Waals surface area (Å²) in [7, 11) is 1.44. The van der Waals surface area contributed by atoms with Gasteiger partial charge in [-0.05, 0) is 70.0 Å². The van der Waals surface area contributed by atoms with Crippen LogP contribution in [0.25, 0.3) is 22.0 Å². The SMILES string of the molecule is COc1cc(C=NNC(=O)c2[nH]c3c(Br)cccc3c2-c2ccccc2Cl)ccc1OC(=O)c1ccc(Cl)cc1Cl. The molecule has 41 heavy (non-hydrogen) atoms. The fourth-order valence-electron chi connectivity index (χ4n) is 4.18. The summed E-state index contributed by atoms with van der Waals surface area (Å²) in [5, 5.41) is 6.03. The van der Waals surface area contributed by atoms with Crippen LogP contribution >= 0.6 is 50.7 Å². The van der Waals surface area contributed by atoms with Gasteiger partial charge >= 0.3 is 5.97 Å². The molecule has 0 bridgehead atoms. The van der Waals surface area contributed by atoms with E-state index in [0.29, 0.717) is 32.4 Å². The van der Waals surface area contributed by atoms with Crippen LogP contribution in [-0.2, 0) is 0 Å². The number of amides is 1. The van der Waals surface area contributed by atoms with Gasteiger partial charge in [-0.15, -0.1) is 0 Å². The Hall–Kier alpha value is -3.82. The third-order valence-electron chi connectivity index (χ3n) is 6.07. The standard InChI is InChI=1S/C30H19BrCl3N3O4/c1-40-25-13-16(9-12-24(25)41-30(39)19-11-10-17(32)14-23(19)34)15-35-37-29(38)28-26(18-5-2-3-8-22(18)33)20-6-4-7-21(31)27(20)36-28/h2-15,36H,1H3,(H,37,38).